The third-order valence-electron chi connectivity index (χ3n) is 3.38. The Hall–Kier alpha value is -2.67. The van der Waals surface area contributed by atoms with E-state index in [1.54, 1.807) is 24.4 Å². The molecule has 3 aromatic rings. The Labute approximate surface area is 132 Å². The van der Waals surface area contributed by atoms with E-state index < -0.39 is 10.0 Å². The van der Waals surface area contributed by atoms with Crippen molar-refractivity contribution < 1.29 is 12.8 Å². The predicted octanol–water partition coefficient (Wildman–Crippen LogP) is 2.93. The van der Waals surface area contributed by atoms with Gasteiger partial charge in [0, 0.05) is 22.7 Å². The smallest absolute Gasteiger partial charge is 0.276 e. The third-order valence-corrected chi connectivity index (χ3v) is 4.62. The van der Waals surface area contributed by atoms with Crippen LogP contribution in [0.5, 0.6) is 0 Å². The Kier molecular flexibility index (Phi) is 3.87. The highest BCUT2D eigenvalue weighted by Gasteiger charge is 2.12. The number of benzene rings is 2. The highest BCUT2D eigenvalue weighted by Crippen LogP contribution is 2.17. The van der Waals surface area contributed by atoms with Gasteiger partial charge in [-0.1, -0.05) is 17.7 Å². The van der Waals surface area contributed by atoms with Crippen LogP contribution in [0.2, 0.25) is 0 Å². The summed E-state index contributed by atoms with van der Waals surface area (Å²) >= 11 is 0. The summed E-state index contributed by atoms with van der Waals surface area (Å²) in [6.45, 7) is 1.88. The molecule has 0 aliphatic heterocycles. The van der Waals surface area contributed by atoms with Crippen molar-refractivity contribution in [1.82, 2.24) is 9.82 Å². The minimum absolute atomic E-state index is 0.140. The molecule has 0 aliphatic rings. The lowest BCUT2D eigenvalue weighted by atomic mass is 10.2. The molecule has 23 heavy (non-hydrogen) atoms. The molecule has 0 atom stereocenters. The van der Waals surface area contributed by atoms with Gasteiger partial charge in [0.05, 0.1) is 11.1 Å². The minimum atomic E-state index is -3.71. The molecule has 0 saturated heterocycles. The first-order valence-corrected chi connectivity index (χ1v) is 8.32. The van der Waals surface area contributed by atoms with Gasteiger partial charge in [-0.15, -0.1) is 0 Å². The van der Waals surface area contributed by atoms with E-state index in [4.69, 9.17) is 0 Å². The van der Waals surface area contributed by atoms with Crippen LogP contribution >= 0.6 is 0 Å². The lowest BCUT2D eigenvalue weighted by Gasteiger charge is -2.03. The monoisotopic (exact) mass is 331 g/mol. The van der Waals surface area contributed by atoms with Crippen LogP contribution in [-0.2, 0) is 10.0 Å². The zero-order valence-corrected chi connectivity index (χ0v) is 13.1. The van der Waals surface area contributed by atoms with Gasteiger partial charge in [-0.05, 0) is 37.3 Å². The summed E-state index contributed by atoms with van der Waals surface area (Å²) in [4.78, 5) is 5.21. The standard InChI is InChI=1S/C16H14FN3O2S/c1-11-2-5-14(6-3-11)23(21,22)20-19-10-12-9-18-16-8-13(17)4-7-15(12)16/h2-10,18,20H,1H3/b19-10+. The molecule has 3 rings (SSSR count). The summed E-state index contributed by atoms with van der Waals surface area (Å²) in [6.07, 6.45) is 3.01. The first-order chi connectivity index (χ1) is 11.0. The van der Waals surface area contributed by atoms with Gasteiger partial charge >= 0.3 is 0 Å². The van der Waals surface area contributed by atoms with Gasteiger partial charge in [-0.25, -0.2) is 9.22 Å². The Morgan fingerprint density at radius 2 is 1.91 bits per heavy atom. The van der Waals surface area contributed by atoms with Gasteiger partial charge in [0.1, 0.15) is 5.82 Å². The Balaban J connectivity index is 1.81. The number of fused-ring (bicyclic) bond motifs is 1. The first kappa shape index (κ1) is 15.2. The molecule has 0 radical (unpaired) electrons. The molecule has 5 nitrogen and oxygen atoms in total. The lowest BCUT2D eigenvalue weighted by Crippen LogP contribution is -2.18. The zero-order chi connectivity index (χ0) is 16.4. The molecule has 7 heteroatoms. The van der Waals surface area contributed by atoms with E-state index in [9.17, 15) is 12.8 Å². The fraction of sp³-hybridized carbons (Fsp3) is 0.0625. The number of hydrogen-bond donors (Lipinski definition) is 2. The number of halogens is 1. The number of H-pyrrole nitrogens is 1. The molecule has 0 amide bonds. The molecule has 0 bridgehead atoms. The fourth-order valence-corrected chi connectivity index (χ4v) is 2.95. The predicted molar refractivity (Wildman–Crippen MR) is 87.4 cm³/mol. The van der Waals surface area contributed by atoms with Crippen molar-refractivity contribution in [3.8, 4) is 0 Å². The molecule has 1 aromatic heterocycles. The number of hydrazone groups is 1. The molecule has 0 aliphatic carbocycles. The van der Waals surface area contributed by atoms with Crippen LogP contribution in [0.4, 0.5) is 4.39 Å². The second kappa shape index (κ2) is 5.85. The minimum Gasteiger partial charge on any atom is -0.360 e. The topological polar surface area (TPSA) is 74.3 Å². The highest BCUT2D eigenvalue weighted by molar-refractivity contribution is 7.89. The van der Waals surface area contributed by atoms with Gasteiger partial charge in [0.2, 0.25) is 0 Å². The van der Waals surface area contributed by atoms with Gasteiger partial charge in [-0.2, -0.15) is 13.5 Å². The molecule has 2 aromatic carbocycles. The van der Waals surface area contributed by atoms with Crippen molar-refractivity contribution in [3.05, 3.63) is 65.6 Å². The number of aryl methyl sites for hydroxylation is 1. The largest absolute Gasteiger partial charge is 0.360 e. The first-order valence-electron chi connectivity index (χ1n) is 6.84. The van der Waals surface area contributed by atoms with Crippen molar-refractivity contribution in [2.45, 2.75) is 11.8 Å². The average Bonchev–Trinajstić information content (AvgIpc) is 2.90. The second-order valence-electron chi connectivity index (χ2n) is 5.10. The van der Waals surface area contributed by atoms with E-state index in [0.717, 1.165) is 10.9 Å². The van der Waals surface area contributed by atoms with Gasteiger partial charge in [0.15, 0.2) is 0 Å². The maximum absolute atomic E-state index is 13.1. The molecule has 2 N–H and O–H groups in total. The van der Waals surface area contributed by atoms with Gasteiger partial charge in [0.25, 0.3) is 10.0 Å². The number of rotatable bonds is 4. The zero-order valence-electron chi connectivity index (χ0n) is 12.2. The van der Waals surface area contributed by atoms with Crippen LogP contribution in [0.3, 0.4) is 0 Å². The molecule has 0 spiro atoms. The third kappa shape index (κ3) is 3.24. The quantitative estimate of drug-likeness (QED) is 0.570. The Bertz CT molecular complexity index is 976. The number of nitrogens with zero attached hydrogens (tertiary/aromatic N) is 1. The van der Waals surface area contributed by atoms with Crippen LogP contribution in [-0.4, -0.2) is 19.6 Å². The molecule has 0 saturated carbocycles. The van der Waals surface area contributed by atoms with Crippen LogP contribution in [0.1, 0.15) is 11.1 Å². The average molecular weight is 331 g/mol. The normalized spacial score (nSPS) is 12.1. The van der Waals surface area contributed by atoms with Crippen molar-refractivity contribution in [2.24, 2.45) is 5.10 Å². The summed E-state index contributed by atoms with van der Waals surface area (Å²) < 4.78 is 37.3. The number of aromatic nitrogens is 1. The van der Waals surface area contributed by atoms with E-state index in [-0.39, 0.29) is 10.7 Å². The Morgan fingerprint density at radius 3 is 2.65 bits per heavy atom. The summed E-state index contributed by atoms with van der Waals surface area (Å²) in [6, 6.07) is 10.8. The summed E-state index contributed by atoms with van der Waals surface area (Å²) in [5.74, 6) is -0.345. The number of aromatic amines is 1. The van der Waals surface area contributed by atoms with E-state index in [0.29, 0.717) is 11.1 Å². The van der Waals surface area contributed by atoms with Gasteiger partial charge < -0.3 is 4.98 Å². The maximum atomic E-state index is 13.1. The second-order valence-corrected chi connectivity index (χ2v) is 6.76. The van der Waals surface area contributed by atoms with E-state index in [1.165, 1.54) is 30.5 Å². The highest BCUT2D eigenvalue weighted by atomic mass is 32.2. The SMILES string of the molecule is Cc1ccc(S(=O)(=O)N/N=C/c2c[nH]c3cc(F)ccc23)cc1. The molecule has 0 fully saturated rings. The molecule has 0 unspecified atom stereocenters. The van der Waals surface area contributed by atoms with Crippen molar-refractivity contribution in [3.63, 3.8) is 0 Å². The molecule has 1 heterocycles. The summed E-state index contributed by atoms with van der Waals surface area (Å²) in [5, 5.41) is 4.53. The van der Waals surface area contributed by atoms with Crippen molar-refractivity contribution in [1.29, 1.82) is 0 Å². The molecular formula is C16H14FN3O2S. The van der Waals surface area contributed by atoms with Crippen molar-refractivity contribution in [2.75, 3.05) is 0 Å². The number of sulfonamides is 1. The van der Waals surface area contributed by atoms with Crippen LogP contribution in [0.15, 0.2) is 58.7 Å². The lowest BCUT2D eigenvalue weighted by molar-refractivity contribution is 0.584. The van der Waals surface area contributed by atoms with Crippen LogP contribution in [0, 0.1) is 12.7 Å². The van der Waals surface area contributed by atoms with E-state index in [2.05, 4.69) is 14.9 Å². The van der Waals surface area contributed by atoms with Gasteiger partial charge in [-0.3, -0.25) is 0 Å². The molecular weight excluding hydrogens is 317 g/mol. The van der Waals surface area contributed by atoms with Crippen molar-refractivity contribution >= 4 is 27.1 Å². The Morgan fingerprint density at radius 1 is 1.17 bits per heavy atom. The maximum Gasteiger partial charge on any atom is 0.276 e. The van der Waals surface area contributed by atoms with E-state index in [1.807, 2.05) is 6.92 Å². The van der Waals surface area contributed by atoms with Crippen LogP contribution in [0.25, 0.3) is 10.9 Å². The van der Waals surface area contributed by atoms with Crippen LogP contribution < -0.4 is 4.83 Å². The van der Waals surface area contributed by atoms with E-state index >= 15 is 0 Å². The number of hydrogen-bond acceptors (Lipinski definition) is 3. The molecule has 118 valence electrons. The summed E-state index contributed by atoms with van der Waals surface area (Å²) in [5.41, 5.74) is 2.25. The fourth-order valence-electron chi connectivity index (χ4n) is 2.16. The summed E-state index contributed by atoms with van der Waals surface area (Å²) in [7, 11) is -3.71. The number of nitrogens with one attached hydrogen (secondary N) is 2.